The summed E-state index contributed by atoms with van der Waals surface area (Å²) < 4.78 is 6.86. The Morgan fingerprint density at radius 1 is 0.784 bits per heavy atom. The molecule has 0 aliphatic carbocycles. The first-order valence-corrected chi connectivity index (χ1v) is 19.1. The highest BCUT2D eigenvalue weighted by molar-refractivity contribution is 6.84. The van der Waals surface area contributed by atoms with Gasteiger partial charge in [0, 0.05) is 11.1 Å². The number of hydrogen-bond donors (Lipinski definition) is 2. The summed E-state index contributed by atoms with van der Waals surface area (Å²) in [5.41, 5.74) is 4.27. The molecule has 1 unspecified atom stereocenters. The molecule has 0 aliphatic rings. The van der Waals surface area contributed by atoms with E-state index in [1.807, 2.05) is 18.2 Å². The number of terminal acetylenes is 1. The maximum atomic E-state index is 11.3. The van der Waals surface area contributed by atoms with Crippen molar-refractivity contribution < 1.29 is 14.3 Å². The quantitative estimate of drug-likeness (QED) is 0.198. The standard InChI is InChI=1S/C32H40O3Si2/c1-7-26-9-11-27(12-10-26)21-23-36(3,4)35-37(5,6)24-22-28-13-17-30(18-14-28)32(34,8-2)31-19-15-29(25-33)16-20-31/h2,7,9-20,33-34H,1,21-25H2,3-6H3. The van der Waals surface area contributed by atoms with E-state index in [4.69, 9.17) is 10.5 Å². The third-order valence-electron chi connectivity index (χ3n) is 6.93. The molecule has 3 aromatic rings. The van der Waals surface area contributed by atoms with Gasteiger partial charge in [0.1, 0.15) is 0 Å². The van der Waals surface area contributed by atoms with Crippen LogP contribution in [0.25, 0.3) is 6.08 Å². The molecular formula is C32H40O3Si2. The number of rotatable bonds is 12. The van der Waals surface area contributed by atoms with Gasteiger partial charge in [-0.05, 0) is 73.4 Å². The summed E-state index contributed by atoms with van der Waals surface area (Å²) in [6.45, 7) is 13.1. The molecule has 37 heavy (non-hydrogen) atoms. The predicted octanol–water partition coefficient (Wildman–Crippen LogP) is 6.90. The molecule has 0 heterocycles. The van der Waals surface area contributed by atoms with E-state index in [0.717, 1.165) is 36.1 Å². The van der Waals surface area contributed by atoms with Crippen molar-refractivity contribution in [3.63, 3.8) is 0 Å². The van der Waals surface area contributed by atoms with Crippen molar-refractivity contribution >= 4 is 22.7 Å². The predicted molar refractivity (Wildman–Crippen MR) is 160 cm³/mol. The molecule has 5 heteroatoms. The van der Waals surface area contributed by atoms with Crippen LogP contribution in [0, 0.1) is 12.3 Å². The lowest BCUT2D eigenvalue weighted by Crippen LogP contribution is -2.44. The summed E-state index contributed by atoms with van der Waals surface area (Å²) in [6.07, 6.45) is 9.63. The van der Waals surface area contributed by atoms with E-state index in [2.05, 4.69) is 75.1 Å². The van der Waals surface area contributed by atoms with E-state index < -0.39 is 22.2 Å². The molecular weight excluding hydrogens is 489 g/mol. The van der Waals surface area contributed by atoms with Gasteiger partial charge in [-0.2, -0.15) is 0 Å². The number of aliphatic hydroxyl groups excluding tert-OH is 1. The third-order valence-corrected chi connectivity index (χ3v) is 14.3. The summed E-state index contributed by atoms with van der Waals surface area (Å²) in [4.78, 5) is 0. The molecule has 194 valence electrons. The Balaban J connectivity index is 1.59. The van der Waals surface area contributed by atoms with E-state index in [0.29, 0.717) is 11.1 Å². The van der Waals surface area contributed by atoms with Crippen molar-refractivity contribution in [2.45, 2.75) is 63.3 Å². The largest absolute Gasteiger partial charge is 0.455 e. The monoisotopic (exact) mass is 528 g/mol. The maximum absolute atomic E-state index is 11.3. The van der Waals surface area contributed by atoms with Gasteiger partial charge < -0.3 is 14.3 Å². The lowest BCUT2D eigenvalue weighted by molar-refractivity contribution is 0.145. The van der Waals surface area contributed by atoms with Gasteiger partial charge in [-0.1, -0.05) is 91.4 Å². The average Bonchev–Trinajstić information content (AvgIpc) is 2.90. The maximum Gasteiger partial charge on any atom is 0.176 e. The number of aryl methyl sites for hydroxylation is 2. The van der Waals surface area contributed by atoms with E-state index in [9.17, 15) is 10.2 Å². The fraction of sp³-hybridized carbons (Fsp3) is 0.312. The van der Waals surface area contributed by atoms with E-state index in [1.54, 1.807) is 24.3 Å². The SMILES string of the molecule is C#CC(O)(c1ccc(CO)cc1)c1ccc(CC[Si](C)(C)O[Si](C)(C)CCc2ccc(C=C)cc2)cc1. The first-order valence-electron chi connectivity index (χ1n) is 12.9. The molecule has 0 fully saturated rings. The van der Waals surface area contributed by atoms with Crippen molar-refractivity contribution in [1.82, 2.24) is 0 Å². The second kappa shape index (κ2) is 12.2. The van der Waals surface area contributed by atoms with E-state index in [-0.39, 0.29) is 6.61 Å². The molecule has 0 aliphatic heterocycles. The smallest absolute Gasteiger partial charge is 0.176 e. The molecule has 0 saturated heterocycles. The molecule has 0 bridgehead atoms. The highest BCUT2D eigenvalue weighted by atomic mass is 28.4. The Morgan fingerprint density at radius 3 is 1.57 bits per heavy atom. The fourth-order valence-electron chi connectivity index (χ4n) is 4.66. The van der Waals surface area contributed by atoms with Crippen LogP contribution in [-0.4, -0.2) is 26.8 Å². The van der Waals surface area contributed by atoms with Crippen LogP contribution >= 0.6 is 0 Å². The zero-order chi connectivity index (χ0) is 27.1. The van der Waals surface area contributed by atoms with Gasteiger partial charge in [0.25, 0.3) is 0 Å². The molecule has 3 rings (SSSR count). The number of benzene rings is 3. The van der Waals surface area contributed by atoms with Crippen LogP contribution in [0.2, 0.25) is 38.3 Å². The van der Waals surface area contributed by atoms with Gasteiger partial charge >= 0.3 is 0 Å². The zero-order valence-corrected chi connectivity index (χ0v) is 24.6. The van der Waals surface area contributed by atoms with Crippen LogP contribution in [-0.2, 0) is 29.2 Å². The highest BCUT2D eigenvalue weighted by Gasteiger charge is 2.33. The van der Waals surface area contributed by atoms with E-state index >= 15 is 0 Å². The Bertz CT molecular complexity index is 1210. The zero-order valence-electron chi connectivity index (χ0n) is 22.6. The van der Waals surface area contributed by atoms with Gasteiger partial charge in [-0.3, -0.25) is 0 Å². The van der Waals surface area contributed by atoms with Gasteiger partial charge in [-0.15, -0.1) is 6.42 Å². The Hall–Kier alpha value is -2.73. The minimum atomic E-state index is -1.85. The minimum Gasteiger partial charge on any atom is -0.455 e. The summed E-state index contributed by atoms with van der Waals surface area (Å²) in [5, 5.41) is 20.5. The van der Waals surface area contributed by atoms with Gasteiger partial charge in [0.2, 0.25) is 0 Å². The van der Waals surface area contributed by atoms with Gasteiger partial charge in [0.15, 0.2) is 22.2 Å². The molecule has 0 aromatic heterocycles. The molecule has 3 aromatic carbocycles. The lowest BCUT2D eigenvalue weighted by Gasteiger charge is -2.34. The summed E-state index contributed by atoms with van der Waals surface area (Å²) in [5.74, 6) is 2.56. The van der Waals surface area contributed by atoms with Crippen molar-refractivity contribution in [3.8, 4) is 12.3 Å². The van der Waals surface area contributed by atoms with Crippen LogP contribution in [0.5, 0.6) is 0 Å². The fourth-order valence-corrected chi connectivity index (χ4v) is 13.2. The van der Waals surface area contributed by atoms with Crippen LogP contribution in [0.3, 0.4) is 0 Å². The van der Waals surface area contributed by atoms with Crippen LogP contribution in [0.15, 0.2) is 79.4 Å². The number of aliphatic hydroxyl groups is 2. The number of hydrogen-bond acceptors (Lipinski definition) is 3. The van der Waals surface area contributed by atoms with E-state index in [1.165, 1.54) is 11.1 Å². The Morgan fingerprint density at radius 2 is 1.19 bits per heavy atom. The summed E-state index contributed by atoms with van der Waals surface area (Å²) >= 11 is 0. The third kappa shape index (κ3) is 7.88. The van der Waals surface area contributed by atoms with Crippen LogP contribution in [0.1, 0.15) is 33.4 Å². The molecule has 0 spiro atoms. The van der Waals surface area contributed by atoms with Crippen molar-refractivity contribution in [2.24, 2.45) is 0 Å². The van der Waals surface area contributed by atoms with Crippen LogP contribution < -0.4 is 0 Å². The normalized spacial score (nSPS) is 13.5. The molecule has 2 N–H and O–H groups in total. The van der Waals surface area contributed by atoms with Crippen molar-refractivity contribution in [1.29, 1.82) is 0 Å². The second-order valence-corrected chi connectivity index (χ2v) is 19.8. The molecule has 0 amide bonds. The topological polar surface area (TPSA) is 49.7 Å². The lowest BCUT2D eigenvalue weighted by atomic mass is 9.86. The molecule has 3 nitrogen and oxygen atoms in total. The van der Waals surface area contributed by atoms with Crippen molar-refractivity contribution in [2.75, 3.05) is 0 Å². The first-order chi connectivity index (χ1) is 17.5. The highest BCUT2D eigenvalue weighted by Crippen LogP contribution is 2.30. The molecule has 0 saturated carbocycles. The molecule has 1 atom stereocenters. The second-order valence-electron chi connectivity index (χ2n) is 11.0. The van der Waals surface area contributed by atoms with Gasteiger partial charge in [0.05, 0.1) is 6.61 Å². The first kappa shape index (κ1) is 28.8. The van der Waals surface area contributed by atoms with Gasteiger partial charge in [-0.25, -0.2) is 0 Å². The Labute approximate surface area is 225 Å². The summed E-state index contributed by atoms with van der Waals surface area (Å²) in [7, 11) is -3.64. The van der Waals surface area contributed by atoms with Crippen LogP contribution in [0.4, 0.5) is 0 Å². The average molecular weight is 529 g/mol. The molecule has 0 radical (unpaired) electrons. The van der Waals surface area contributed by atoms with Crippen molar-refractivity contribution in [3.05, 3.63) is 113 Å². The Kier molecular flexibility index (Phi) is 9.52. The summed E-state index contributed by atoms with van der Waals surface area (Å²) in [6, 6.07) is 25.8. The minimum absolute atomic E-state index is 0.0452.